The van der Waals surface area contributed by atoms with E-state index >= 15 is 0 Å². The second-order valence-electron chi connectivity index (χ2n) is 5.08. The summed E-state index contributed by atoms with van der Waals surface area (Å²) in [5, 5.41) is 2.97. The minimum atomic E-state index is -0.687. The number of amides is 1. The topological polar surface area (TPSA) is 55.1 Å². The Labute approximate surface area is 116 Å². The number of rotatable bonds is 2. The summed E-state index contributed by atoms with van der Waals surface area (Å²) in [5.74, 6) is -0.0524. The number of nitrogens with one attached hydrogen (secondary N) is 1. The van der Waals surface area contributed by atoms with Crippen LogP contribution >= 0.6 is 15.9 Å². The van der Waals surface area contributed by atoms with E-state index in [1.54, 1.807) is 0 Å². The third-order valence-corrected chi connectivity index (χ3v) is 4.57. The zero-order valence-corrected chi connectivity index (χ0v) is 12.2. The molecular formula is C14H19BrN2O. The van der Waals surface area contributed by atoms with Crippen LogP contribution in [0.2, 0.25) is 0 Å². The summed E-state index contributed by atoms with van der Waals surface area (Å²) >= 11 is 3.46. The number of anilines is 1. The molecule has 1 fully saturated rings. The van der Waals surface area contributed by atoms with Crippen LogP contribution in [0, 0.1) is 6.92 Å². The van der Waals surface area contributed by atoms with E-state index in [1.807, 2.05) is 25.1 Å². The van der Waals surface area contributed by atoms with E-state index in [4.69, 9.17) is 5.73 Å². The molecule has 3 nitrogen and oxygen atoms in total. The van der Waals surface area contributed by atoms with Crippen LogP contribution in [-0.2, 0) is 4.79 Å². The summed E-state index contributed by atoms with van der Waals surface area (Å²) in [6.07, 6.45) is 4.84. The average molecular weight is 311 g/mol. The lowest BCUT2D eigenvalue weighted by molar-refractivity contribution is -0.122. The fourth-order valence-electron chi connectivity index (χ4n) is 2.40. The first-order valence-electron chi connectivity index (χ1n) is 6.38. The van der Waals surface area contributed by atoms with Crippen molar-refractivity contribution in [3.8, 4) is 0 Å². The van der Waals surface area contributed by atoms with Gasteiger partial charge in [0.25, 0.3) is 0 Å². The van der Waals surface area contributed by atoms with Crippen LogP contribution in [0.1, 0.15) is 37.7 Å². The van der Waals surface area contributed by atoms with Gasteiger partial charge < -0.3 is 11.1 Å². The lowest BCUT2D eigenvalue weighted by atomic mass is 9.82. The predicted octanol–water partition coefficient (Wildman–Crippen LogP) is 3.36. The van der Waals surface area contributed by atoms with Crippen LogP contribution in [0.4, 0.5) is 5.69 Å². The highest BCUT2D eigenvalue weighted by Crippen LogP contribution is 2.29. The molecule has 1 amide bonds. The van der Waals surface area contributed by atoms with Crippen LogP contribution < -0.4 is 11.1 Å². The van der Waals surface area contributed by atoms with Crippen molar-refractivity contribution in [2.75, 3.05) is 5.32 Å². The first-order chi connectivity index (χ1) is 8.53. The fourth-order valence-corrected chi connectivity index (χ4v) is 2.77. The summed E-state index contributed by atoms with van der Waals surface area (Å²) in [4.78, 5) is 12.3. The molecule has 1 aromatic carbocycles. The van der Waals surface area contributed by atoms with Gasteiger partial charge in [0.2, 0.25) is 5.91 Å². The summed E-state index contributed by atoms with van der Waals surface area (Å²) in [6, 6.07) is 5.78. The van der Waals surface area contributed by atoms with E-state index in [1.165, 1.54) is 6.42 Å². The quantitative estimate of drug-likeness (QED) is 0.880. The minimum absolute atomic E-state index is 0.0524. The first-order valence-corrected chi connectivity index (χ1v) is 7.18. The highest BCUT2D eigenvalue weighted by Gasteiger charge is 2.35. The van der Waals surface area contributed by atoms with Gasteiger partial charge in [0, 0.05) is 10.2 Å². The maximum Gasteiger partial charge on any atom is 0.244 e. The summed E-state index contributed by atoms with van der Waals surface area (Å²) in [6.45, 7) is 1.98. The molecule has 0 aliphatic heterocycles. The van der Waals surface area contributed by atoms with Gasteiger partial charge >= 0.3 is 0 Å². The number of nitrogens with two attached hydrogens (primary N) is 1. The molecule has 3 N–H and O–H groups in total. The van der Waals surface area contributed by atoms with Crippen molar-refractivity contribution in [2.45, 2.75) is 44.6 Å². The van der Waals surface area contributed by atoms with Crippen molar-refractivity contribution in [1.82, 2.24) is 0 Å². The van der Waals surface area contributed by atoms with E-state index in [0.717, 1.165) is 41.4 Å². The van der Waals surface area contributed by atoms with Crippen molar-refractivity contribution in [3.63, 3.8) is 0 Å². The van der Waals surface area contributed by atoms with Gasteiger partial charge in [-0.15, -0.1) is 0 Å². The van der Waals surface area contributed by atoms with Crippen LogP contribution in [0.5, 0.6) is 0 Å². The Morgan fingerprint density at radius 1 is 1.33 bits per heavy atom. The van der Waals surface area contributed by atoms with Crippen LogP contribution in [0.25, 0.3) is 0 Å². The number of hydrogen-bond acceptors (Lipinski definition) is 2. The highest BCUT2D eigenvalue weighted by atomic mass is 79.9. The van der Waals surface area contributed by atoms with E-state index in [2.05, 4.69) is 21.2 Å². The molecule has 0 spiro atoms. The lowest BCUT2D eigenvalue weighted by Crippen LogP contribution is -2.52. The molecule has 4 heteroatoms. The maximum absolute atomic E-state index is 12.3. The van der Waals surface area contributed by atoms with Gasteiger partial charge in [-0.1, -0.05) is 41.3 Å². The van der Waals surface area contributed by atoms with Crippen molar-refractivity contribution in [3.05, 3.63) is 28.2 Å². The van der Waals surface area contributed by atoms with Gasteiger partial charge in [0.05, 0.1) is 5.54 Å². The Hall–Kier alpha value is -0.870. The van der Waals surface area contributed by atoms with E-state index < -0.39 is 5.54 Å². The Balaban J connectivity index is 2.13. The van der Waals surface area contributed by atoms with Gasteiger partial charge in [-0.2, -0.15) is 0 Å². The molecule has 0 unspecified atom stereocenters. The number of hydrogen-bond donors (Lipinski definition) is 2. The third-order valence-electron chi connectivity index (χ3n) is 3.71. The van der Waals surface area contributed by atoms with Crippen molar-refractivity contribution in [1.29, 1.82) is 0 Å². The molecule has 0 radical (unpaired) electrons. The first kappa shape index (κ1) is 13.6. The van der Waals surface area contributed by atoms with E-state index in [9.17, 15) is 4.79 Å². The zero-order valence-electron chi connectivity index (χ0n) is 10.6. The van der Waals surface area contributed by atoms with Crippen LogP contribution in [0.15, 0.2) is 22.7 Å². The molecule has 0 atom stereocenters. The Morgan fingerprint density at radius 3 is 2.67 bits per heavy atom. The number of carbonyl (C=O) groups excluding carboxylic acids is 1. The molecule has 98 valence electrons. The summed E-state index contributed by atoms with van der Waals surface area (Å²) in [5.41, 5.74) is 7.40. The van der Waals surface area contributed by atoms with Gasteiger partial charge in [0.1, 0.15) is 0 Å². The molecule has 1 aliphatic rings. The average Bonchev–Trinajstić information content (AvgIpc) is 2.36. The Morgan fingerprint density at radius 2 is 2.00 bits per heavy atom. The molecular weight excluding hydrogens is 292 g/mol. The molecule has 1 saturated carbocycles. The zero-order chi connectivity index (χ0) is 13.2. The molecule has 0 heterocycles. The van der Waals surface area contributed by atoms with Crippen LogP contribution in [0.3, 0.4) is 0 Å². The summed E-state index contributed by atoms with van der Waals surface area (Å²) < 4.78 is 0.995. The van der Waals surface area contributed by atoms with E-state index in [0.29, 0.717) is 0 Å². The summed E-state index contributed by atoms with van der Waals surface area (Å²) in [7, 11) is 0. The fraction of sp³-hybridized carbons (Fsp3) is 0.500. The maximum atomic E-state index is 12.3. The lowest BCUT2D eigenvalue weighted by Gasteiger charge is -2.32. The van der Waals surface area contributed by atoms with Crippen molar-refractivity contribution in [2.24, 2.45) is 5.73 Å². The molecule has 2 rings (SSSR count). The smallest absolute Gasteiger partial charge is 0.244 e. The number of benzene rings is 1. The van der Waals surface area contributed by atoms with Gasteiger partial charge in [-0.05, 0) is 37.5 Å². The monoisotopic (exact) mass is 310 g/mol. The van der Waals surface area contributed by atoms with E-state index in [-0.39, 0.29) is 5.91 Å². The van der Waals surface area contributed by atoms with Gasteiger partial charge in [0.15, 0.2) is 0 Å². The predicted molar refractivity (Wildman–Crippen MR) is 77.5 cm³/mol. The second-order valence-corrected chi connectivity index (χ2v) is 5.94. The molecule has 1 aliphatic carbocycles. The highest BCUT2D eigenvalue weighted by molar-refractivity contribution is 9.10. The largest absolute Gasteiger partial charge is 0.324 e. The number of carbonyl (C=O) groups is 1. The second kappa shape index (κ2) is 5.41. The SMILES string of the molecule is Cc1c(Br)cccc1NC(=O)C1(N)CCCCC1. The molecule has 0 bridgehead atoms. The Bertz CT molecular complexity index is 453. The standard InChI is InChI=1S/C14H19BrN2O/c1-10-11(15)6-5-7-12(10)17-13(18)14(16)8-3-2-4-9-14/h5-7H,2-4,8-9,16H2,1H3,(H,17,18). The van der Waals surface area contributed by atoms with Gasteiger partial charge in [-0.3, -0.25) is 4.79 Å². The minimum Gasteiger partial charge on any atom is -0.324 e. The molecule has 18 heavy (non-hydrogen) atoms. The molecule has 0 aromatic heterocycles. The van der Waals surface area contributed by atoms with Crippen LogP contribution in [-0.4, -0.2) is 11.4 Å². The molecule has 0 saturated heterocycles. The van der Waals surface area contributed by atoms with Crippen molar-refractivity contribution < 1.29 is 4.79 Å². The number of halogens is 1. The third kappa shape index (κ3) is 2.75. The molecule has 1 aromatic rings. The van der Waals surface area contributed by atoms with Crippen molar-refractivity contribution >= 4 is 27.5 Å². The normalized spacial score (nSPS) is 18.4. The van der Waals surface area contributed by atoms with Gasteiger partial charge in [-0.25, -0.2) is 0 Å². The Kier molecular flexibility index (Phi) is 4.07.